The second-order valence-electron chi connectivity index (χ2n) is 2.72. The summed E-state index contributed by atoms with van der Waals surface area (Å²) in [7, 11) is 0. The zero-order chi connectivity index (χ0) is 11.3. The number of nitrogens with two attached hydrogens (primary N) is 1. The van der Waals surface area contributed by atoms with E-state index in [1.807, 2.05) is 0 Å². The molecule has 5 heteroatoms. The van der Waals surface area contributed by atoms with Crippen LogP contribution in [0.4, 0.5) is 8.78 Å². The SMILES string of the molecule is NC/C=C/COc1cc(Br)cc(F)c1F. The van der Waals surface area contributed by atoms with Gasteiger partial charge >= 0.3 is 0 Å². The van der Waals surface area contributed by atoms with Crippen LogP contribution in [-0.2, 0) is 0 Å². The third kappa shape index (κ3) is 3.60. The molecular formula is C10H10BrF2NO. The molecule has 0 amide bonds. The highest BCUT2D eigenvalue weighted by atomic mass is 79.9. The largest absolute Gasteiger partial charge is 0.486 e. The van der Waals surface area contributed by atoms with Crippen LogP contribution in [0.1, 0.15) is 0 Å². The Bertz CT molecular complexity index is 369. The van der Waals surface area contributed by atoms with Gasteiger partial charge < -0.3 is 10.5 Å². The van der Waals surface area contributed by atoms with Gasteiger partial charge in [-0.3, -0.25) is 0 Å². The Kier molecular flexibility index (Phi) is 4.71. The van der Waals surface area contributed by atoms with Crippen molar-refractivity contribution >= 4 is 15.9 Å². The Morgan fingerprint density at radius 2 is 2.07 bits per heavy atom. The summed E-state index contributed by atoms with van der Waals surface area (Å²) in [6, 6.07) is 2.41. The maximum absolute atomic E-state index is 13.1. The number of halogens is 3. The topological polar surface area (TPSA) is 35.2 Å². The van der Waals surface area contributed by atoms with E-state index in [0.717, 1.165) is 6.07 Å². The lowest BCUT2D eigenvalue weighted by Crippen LogP contribution is -2.00. The van der Waals surface area contributed by atoms with Crippen molar-refractivity contribution in [3.8, 4) is 5.75 Å². The van der Waals surface area contributed by atoms with Gasteiger partial charge in [-0.1, -0.05) is 28.1 Å². The first kappa shape index (κ1) is 12.1. The molecule has 1 aromatic carbocycles. The van der Waals surface area contributed by atoms with Crippen LogP contribution in [-0.4, -0.2) is 13.2 Å². The third-order valence-corrected chi connectivity index (χ3v) is 2.06. The average molecular weight is 278 g/mol. The fourth-order valence-corrected chi connectivity index (χ4v) is 1.35. The van der Waals surface area contributed by atoms with E-state index in [0.29, 0.717) is 11.0 Å². The maximum atomic E-state index is 13.1. The van der Waals surface area contributed by atoms with E-state index in [2.05, 4.69) is 15.9 Å². The monoisotopic (exact) mass is 277 g/mol. The van der Waals surface area contributed by atoms with Crippen LogP contribution in [0.25, 0.3) is 0 Å². The normalized spacial score (nSPS) is 10.9. The van der Waals surface area contributed by atoms with Crippen molar-refractivity contribution in [3.63, 3.8) is 0 Å². The summed E-state index contributed by atoms with van der Waals surface area (Å²) in [6.45, 7) is 0.544. The van der Waals surface area contributed by atoms with E-state index < -0.39 is 11.6 Å². The molecule has 0 aromatic heterocycles. The van der Waals surface area contributed by atoms with Crippen molar-refractivity contribution in [1.82, 2.24) is 0 Å². The molecule has 2 nitrogen and oxygen atoms in total. The second-order valence-corrected chi connectivity index (χ2v) is 3.63. The van der Waals surface area contributed by atoms with Gasteiger partial charge in [0.25, 0.3) is 0 Å². The molecule has 0 saturated heterocycles. The highest BCUT2D eigenvalue weighted by Crippen LogP contribution is 2.25. The van der Waals surface area contributed by atoms with E-state index in [4.69, 9.17) is 10.5 Å². The minimum Gasteiger partial charge on any atom is -0.486 e. The van der Waals surface area contributed by atoms with Crippen LogP contribution in [0.5, 0.6) is 5.75 Å². The van der Waals surface area contributed by atoms with Crippen molar-refractivity contribution in [2.75, 3.05) is 13.2 Å². The second kappa shape index (κ2) is 5.82. The van der Waals surface area contributed by atoms with Gasteiger partial charge in [0.15, 0.2) is 11.6 Å². The van der Waals surface area contributed by atoms with Crippen molar-refractivity contribution < 1.29 is 13.5 Å². The fourth-order valence-electron chi connectivity index (χ4n) is 0.940. The minimum atomic E-state index is -0.987. The molecule has 0 fully saturated rings. The molecule has 15 heavy (non-hydrogen) atoms. The predicted molar refractivity (Wildman–Crippen MR) is 57.7 cm³/mol. The van der Waals surface area contributed by atoms with E-state index in [1.165, 1.54) is 6.07 Å². The lowest BCUT2D eigenvalue weighted by Gasteiger charge is -2.05. The molecule has 0 bridgehead atoms. The first-order chi connectivity index (χ1) is 7.15. The smallest absolute Gasteiger partial charge is 0.200 e. The van der Waals surface area contributed by atoms with E-state index in [1.54, 1.807) is 12.2 Å². The molecule has 0 aliphatic heterocycles. The molecule has 0 atom stereocenters. The van der Waals surface area contributed by atoms with Crippen molar-refractivity contribution in [3.05, 3.63) is 40.4 Å². The first-order valence-corrected chi connectivity index (χ1v) is 5.07. The van der Waals surface area contributed by atoms with Crippen LogP contribution in [0, 0.1) is 11.6 Å². The molecule has 1 aromatic rings. The first-order valence-electron chi connectivity index (χ1n) is 4.27. The van der Waals surface area contributed by atoms with Gasteiger partial charge in [0.2, 0.25) is 5.82 Å². The Labute approximate surface area is 94.9 Å². The summed E-state index contributed by atoms with van der Waals surface area (Å²) in [5.74, 6) is -2.05. The molecule has 0 saturated carbocycles. The van der Waals surface area contributed by atoms with Gasteiger partial charge in [-0.15, -0.1) is 0 Å². The van der Waals surface area contributed by atoms with Gasteiger partial charge in [-0.25, -0.2) is 4.39 Å². The molecular weight excluding hydrogens is 268 g/mol. The Balaban J connectivity index is 2.72. The number of benzene rings is 1. The molecule has 0 heterocycles. The van der Waals surface area contributed by atoms with Crippen molar-refractivity contribution in [1.29, 1.82) is 0 Å². The molecule has 0 aliphatic rings. The lowest BCUT2D eigenvalue weighted by atomic mass is 10.3. The summed E-state index contributed by atoms with van der Waals surface area (Å²) in [5, 5.41) is 0. The highest BCUT2D eigenvalue weighted by Gasteiger charge is 2.10. The molecule has 0 radical (unpaired) electrons. The Morgan fingerprint density at radius 1 is 1.33 bits per heavy atom. The zero-order valence-electron chi connectivity index (χ0n) is 7.84. The third-order valence-electron chi connectivity index (χ3n) is 1.60. The summed E-state index contributed by atoms with van der Waals surface area (Å²) in [5.41, 5.74) is 5.20. The molecule has 82 valence electrons. The number of hydrogen-bond donors (Lipinski definition) is 1. The number of hydrogen-bond acceptors (Lipinski definition) is 2. The minimum absolute atomic E-state index is 0.122. The molecule has 2 N–H and O–H groups in total. The van der Waals surface area contributed by atoms with Crippen molar-refractivity contribution in [2.24, 2.45) is 5.73 Å². The molecule has 0 aliphatic carbocycles. The standard InChI is InChI=1S/C10H10BrF2NO/c11-7-5-8(12)10(13)9(6-7)15-4-2-1-3-14/h1-2,5-6H,3-4,14H2/b2-1+. The highest BCUT2D eigenvalue weighted by molar-refractivity contribution is 9.10. The van der Waals surface area contributed by atoms with Gasteiger partial charge in [0, 0.05) is 11.0 Å². The summed E-state index contributed by atoms with van der Waals surface area (Å²) < 4.78 is 31.5. The van der Waals surface area contributed by atoms with Gasteiger partial charge in [0.05, 0.1) is 0 Å². The fraction of sp³-hybridized carbons (Fsp3) is 0.200. The van der Waals surface area contributed by atoms with E-state index >= 15 is 0 Å². The average Bonchev–Trinajstić information content (AvgIpc) is 2.19. The Morgan fingerprint density at radius 3 is 2.73 bits per heavy atom. The van der Waals surface area contributed by atoms with Gasteiger partial charge in [-0.2, -0.15) is 4.39 Å². The summed E-state index contributed by atoms with van der Waals surface area (Å²) in [6.07, 6.45) is 3.31. The van der Waals surface area contributed by atoms with Crippen LogP contribution in [0.3, 0.4) is 0 Å². The molecule has 1 rings (SSSR count). The van der Waals surface area contributed by atoms with E-state index in [-0.39, 0.29) is 12.4 Å². The predicted octanol–water partition coefficient (Wildman–Crippen LogP) is 2.62. The van der Waals surface area contributed by atoms with Gasteiger partial charge in [-0.05, 0) is 12.1 Å². The van der Waals surface area contributed by atoms with Crippen LogP contribution >= 0.6 is 15.9 Å². The summed E-state index contributed by atoms with van der Waals surface area (Å²) >= 11 is 3.05. The van der Waals surface area contributed by atoms with Gasteiger partial charge in [0.1, 0.15) is 6.61 Å². The van der Waals surface area contributed by atoms with Crippen LogP contribution in [0.2, 0.25) is 0 Å². The summed E-state index contributed by atoms with van der Waals surface area (Å²) in [4.78, 5) is 0. The molecule has 0 unspecified atom stereocenters. The number of ether oxygens (including phenoxy) is 1. The maximum Gasteiger partial charge on any atom is 0.200 e. The number of rotatable bonds is 4. The van der Waals surface area contributed by atoms with E-state index in [9.17, 15) is 8.78 Å². The quantitative estimate of drug-likeness (QED) is 0.678. The molecule has 0 spiro atoms. The zero-order valence-corrected chi connectivity index (χ0v) is 9.43. The van der Waals surface area contributed by atoms with Crippen LogP contribution < -0.4 is 10.5 Å². The lowest BCUT2D eigenvalue weighted by molar-refractivity contribution is 0.332. The Hall–Kier alpha value is -0.940. The van der Waals surface area contributed by atoms with Crippen LogP contribution in [0.15, 0.2) is 28.8 Å². The van der Waals surface area contributed by atoms with Crippen molar-refractivity contribution in [2.45, 2.75) is 0 Å².